The van der Waals surface area contributed by atoms with E-state index in [1.807, 2.05) is 12.1 Å². The van der Waals surface area contributed by atoms with Crippen LogP contribution in [0.1, 0.15) is 58.1 Å². The predicted molar refractivity (Wildman–Crippen MR) is 89.3 cm³/mol. The molecule has 1 rings (SSSR count). The lowest BCUT2D eigenvalue weighted by atomic mass is 9.97. The Hall–Kier alpha value is -1.22. The Morgan fingerprint density at radius 3 is 2.43 bits per heavy atom. The Bertz CT molecular complexity index is 404. The highest BCUT2D eigenvalue weighted by Gasteiger charge is 2.18. The van der Waals surface area contributed by atoms with Crippen LogP contribution in [0, 0.1) is 5.92 Å². The van der Waals surface area contributed by atoms with E-state index in [-0.39, 0.29) is 0 Å². The van der Waals surface area contributed by atoms with Crippen molar-refractivity contribution < 1.29 is 9.47 Å². The van der Waals surface area contributed by atoms with Gasteiger partial charge in [0.15, 0.2) is 11.5 Å². The summed E-state index contributed by atoms with van der Waals surface area (Å²) in [5, 5.41) is 3.65. The predicted octanol–water partition coefficient (Wildman–Crippen LogP) is 4.57. The summed E-state index contributed by atoms with van der Waals surface area (Å²) in [7, 11) is 3.40. The van der Waals surface area contributed by atoms with Crippen molar-refractivity contribution in [2.24, 2.45) is 5.92 Å². The molecule has 3 heteroatoms. The second-order valence-electron chi connectivity index (χ2n) is 5.91. The van der Waals surface area contributed by atoms with E-state index in [4.69, 9.17) is 9.47 Å². The van der Waals surface area contributed by atoms with Gasteiger partial charge in [-0.1, -0.05) is 45.7 Å². The molecule has 21 heavy (non-hydrogen) atoms. The Balaban J connectivity index is 2.90. The van der Waals surface area contributed by atoms with Crippen LogP contribution in [-0.2, 0) is 0 Å². The molecule has 1 aromatic rings. The summed E-state index contributed by atoms with van der Waals surface area (Å²) in [6, 6.07) is 6.46. The zero-order valence-electron chi connectivity index (χ0n) is 14.2. The van der Waals surface area contributed by atoms with Gasteiger partial charge in [-0.15, -0.1) is 0 Å². The molecule has 120 valence electrons. The van der Waals surface area contributed by atoms with E-state index in [9.17, 15) is 0 Å². The molecule has 1 unspecified atom stereocenters. The molecule has 0 aliphatic carbocycles. The van der Waals surface area contributed by atoms with Gasteiger partial charge in [0.25, 0.3) is 0 Å². The Morgan fingerprint density at radius 2 is 1.86 bits per heavy atom. The zero-order chi connectivity index (χ0) is 15.7. The molecule has 0 aliphatic rings. The maximum absolute atomic E-state index is 5.59. The van der Waals surface area contributed by atoms with Crippen molar-refractivity contribution in [1.82, 2.24) is 5.32 Å². The minimum atomic E-state index is 0.328. The summed E-state index contributed by atoms with van der Waals surface area (Å²) in [4.78, 5) is 0. The molecule has 0 fully saturated rings. The lowest BCUT2D eigenvalue weighted by Crippen LogP contribution is -2.23. The van der Waals surface area contributed by atoms with E-state index in [2.05, 4.69) is 32.2 Å². The van der Waals surface area contributed by atoms with Gasteiger partial charge in [-0.05, 0) is 31.4 Å². The standard InChI is InChI=1S/C18H31NO2/c1-6-13-19-16(11-7-9-14(2)3)15-10-8-12-17(20-4)18(15)21-5/h8,10,12,14,16,19H,6-7,9,11,13H2,1-5H3. The topological polar surface area (TPSA) is 30.5 Å². The van der Waals surface area contributed by atoms with E-state index in [0.717, 1.165) is 36.8 Å². The molecular weight excluding hydrogens is 262 g/mol. The summed E-state index contributed by atoms with van der Waals surface area (Å²) in [6.07, 6.45) is 4.74. The van der Waals surface area contributed by atoms with Crippen LogP contribution in [0.4, 0.5) is 0 Å². The molecule has 1 atom stereocenters. The summed E-state index contributed by atoms with van der Waals surface area (Å²) < 4.78 is 11.0. The molecule has 1 N–H and O–H groups in total. The third kappa shape index (κ3) is 5.58. The molecule has 0 amide bonds. The van der Waals surface area contributed by atoms with Gasteiger partial charge in [-0.25, -0.2) is 0 Å². The number of hydrogen-bond acceptors (Lipinski definition) is 3. The second kappa shape index (κ2) is 9.67. The largest absolute Gasteiger partial charge is 0.493 e. The van der Waals surface area contributed by atoms with Crippen molar-refractivity contribution in [3.63, 3.8) is 0 Å². The van der Waals surface area contributed by atoms with Gasteiger partial charge in [0.2, 0.25) is 0 Å². The number of ether oxygens (including phenoxy) is 2. The van der Waals surface area contributed by atoms with Crippen molar-refractivity contribution in [3.8, 4) is 11.5 Å². The number of nitrogens with one attached hydrogen (secondary N) is 1. The lowest BCUT2D eigenvalue weighted by Gasteiger charge is -2.23. The van der Waals surface area contributed by atoms with Gasteiger partial charge in [-0.2, -0.15) is 0 Å². The van der Waals surface area contributed by atoms with Gasteiger partial charge >= 0.3 is 0 Å². The fraction of sp³-hybridized carbons (Fsp3) is 0.667. The van der Waals surface area contributed by atoms with Crippen LogP contribution in [0.3, 0.4) is 0 Å². The zero-order valence-corrected chi connectivity index (χ0v) is 14.2. The Kier molecular flexibility index (Phi) is 8.21. The highest BCUT2D eigenvalue weighted by molar-refractivity contribution is 5.48. The summed E-state index contributed by atoms with van der Waals surface area (Å²) in [5.41, 5.74) is 1.20. The SMILES string of the molecule is CCCNC(CCCC(C)C)c1cccc(OC)c1OC. The van der Waals surface area contributed by atoms with Crippen LogP contribution >= 0.6 is 0 Å². The first-order chi connectivity index (χ1) is 10.1. The smallest absolute Gasteiger partial charge is 0.165 e. The van der Waals surface area contributed by atoms with Crippen LogP contribution in [-0.4, -0.2) is 20.8 Å². The quantitative estimate of drug-likeness (QED) is 0.685. The molecule has 0 bridgehead atoms. The van der Waals surface area contributed by atoms with E-state index in [1.54, 1.807) is 14.2 Å². The van der Waals surface area contributed by atoms with Crippen molar-refractivity contribution in [2.45, 2.75) is 52.5 Å². The Labute approximate surface area is 130 Å². The number of para-hydroxylation sites is 1. The van der Waals surface area contributed by atoms with Gasteiger partial charge < -0.3 is 14.8 Å². The average Bonchev–Trinajstić information content (AvgIpc) is 2.49. The molecular formula is C18H31NO2. The highest BCUT2D eigenvalue weighted by Crippen LogP contribution is 2.36. The first kappa shape index (κ1) is 17.8. The third-order valence-corrected chi connectivity index (χ3v) is 3.72. The van der Waals surface area contributed by atoms with Crippen molar-refractivity contribution in [2.75, 3.05) is 20.8 Å². The Morgan fingerprint density at radius 1 is 1.10 bits per heavy atom. The molecule has 0 heterocycles. The van der Waals surface area contributed by atoms with Crippen LogP contribution in [0.15, 0.2) is 18.2 Å². The molecule has 3 nitrogen and oxygen atoms in total. The monoisotopic (exact) mass is 293 g/mol. The lowest BCUT2D eigenvalue weighted by molar-refractivity contribution is 0.343. The summed E-state index contributed by atoms with van der Waals surface area (Å²) in [5.74, 6) is 2.42. The van der Waals surface area contributed by atoms with Crippen LogP contribution < -0.4 is 14.8 Å². The molecule has 1 aromatic carbocycles. The number of methoxy groups -OCH3 is 2. The van der Waals surface area contributed by atoms with Gasteiger partial charge in [0, 0.05) is 11.6 Å². The second-order valence-corrected chi connectivity index (χ2v) is 5.91. The molecule has 0 aliphatic heterocycles. The third-order valence-electron chi connectivity index (χ3n) is 3.72. The van der Waals surface area contributed by atoms with E-state index < -0.39 is 0 Å². The van der Waals surface area contributed by atoms with Gasteiger partial charge in [0.1, 0.15) is 0 Å². The number of rotatable bonds is 10. The molecule has 0 spiro atoms. The molecule has 0 saturated heterocycles. The van der Waals surface area contributed by atoms with Crippen molar-refractivity contribution in [3.05, 3.63) is 23.8 Å². The fourth-order valence-corrected chi connectivity index (χ4v) is 2.60. The number of hydrogen-bond donors (Lipinski definition) is 1. The normalized spacial score (nSPS) is 12.5. The van der Waals surface area contributed by atoms with Crippen molar-refractivity contribution in [1.29, 1.82) is 0 Å². The molecule has 0 saturated carbocycles. The van der Waals surface area contributed by atoms with Crippen LogP contribution in [0.25, 0.3) is 0 Å². The van der Waals surface area contributed by atoms with Crippen molar-refractivity contribution >= 4 is 0 Å². The van der Waals surface area contributed by atoms with E-state index in [1.165, 1.54) is 18.4 Å². The molecule has 0 radical (unpaired) electrons. The maximum atomic E-state index is 5.59. The number of benzene rings is 1. The minimum Gasteiger partial charge on any atom is -0.493 e. The first-order valence-corrected chi connectivity index (χ1v) is 8.08. The van der Waals surface area contributed by atoms with Gasteiger partial charge in [0.05, 0.1) is 14.2 Å². The summed E-state index contributed by atoms with van der Waals surface area (Å²) >= 11 is 0. The minimum absolute atomic E-state index is 0.328. The average molecular weight is 293 g/mol. The van der Waals surface area contributed by atoms with Crippen LogP contribution in [0.2, 0.25) is 0 Å². The summed E-state index contributed by atoms with van der Waals surface area (Å²) in [6.45, 7) is 7.77. The fourth-order valence-electron chi connectivity index (χ4n) is 2.60. The van der Waals surface area contributed by atoms with Crippen LogP contribution in [0.5, 0.6) is 11.5 Å². The first-order valence-electron chi connectivity index (χ1n) is 8.08. The highest BCUT2D eigenvalue weighted by atomic mass is 16.5. The maximum Gasteiger partial charge on any atom is 0.165 e. The van der Waals surface area contributed by atoms with E-state index in [0.29, 0.717) is 6.04 Å². The molecule has 0 aromatic heterocycles. The van der Waals surface area contributed by atoms with E-state index >= 15 is 0 Å². The van der Waals surface area contributed by atoms with Gasteiger partial charge in [-0.3, -0.25) is 0 Å².